The van der Waals surface area contributed by atoms with Crippen molar-refractivity contribution >= 4 is 0 Å². The Bertz CT molecular complexity index is 541. The predicted molar refractivity (Wildman–Crippen MR) is 90.7 cm³/mol. The number of nitrogens with zero attached hydrogens (tertiary/aromatic N) is 2. The smallest absolute Gasteiger partial charge is 0.0987 e. The van der Waals surface area contributed by atoms with Crippen LogP contribution in [0.15, 0.2) is 30.3 Å². The average Bonchev–Trinajstić information content (AvgIpc) is 2.66. The molecule has 2 N–H and O–H groups in total. The molecule has 1 aromatic rings. The largest absolute Gasteiger partial charge is 0.394 e. The zero-order valence-corrected chi connectivity index (χ0v) is 13.9. The van der Waals surface area contributed by atoms with Crippen molar-refractivity contribution in [3.8, 4) is 6.07 Å². The van der Waals surface area contributed by atoms with Crippen LogP contribution in [0.4, 0.5) is 0 Å². The van der Waals surface area contributed by atoms with E-state index in [9.17, 15) is 10.4 Å². The number of aliphatic hydroxyl groups is 1. The van der Waals surface area contributed by atoms with Crippen LogP contribution < -0.4 is 5.32 Å². The molecule has 0 aromatic heterocycles. The summed E-state index contributed by atoms with van der Waals surface area (Å²) in [6.45, 7) is 1.09. The van der Waals surface area contributed by atoms with Gasteiger partial charge in [-0.3, -0.25) is 5.32 Å². The van der Waals surface area contributed by atoms with Crippen molar-refractivity contribution in [2.75, 3.05) is 20.2 Å². The highest BCUT2D eigenvalue weighted by atomic mass is 16.3. The molecule has 1 heterocycles. The third kappa shape index (κ3) is 3.58. The molecule has 0 bridgehead atoms. The Morgan fingerprint density at radius 2 is 2.09 bits per heavy atom. The average molecular weight is 313 g/mol. The topological polar surface area (TPSA) is 59.3 Å². The standard InChI is InChI=1S/C19H27N3O/c1-22-10-9-15(11-16-7-8-19(16)22)17(12-20)21-18(13-23)14-5-3-2-4-6-14/h2-6,15-19,21,23H,7-11,13H2,1H3/t15?,16?,17-,18+,19?/m1/s1. The van der Waals surface area contributed by atoms with Gasteiger partial charge in [0.05, 0.1) is 24.8 Å². The van der Waals surface area contributed by atoms with E-state index in [1.54, 1.807) is 0 Å². The second-order valence-corrected chi connectivity index (χ2v) is 7.09. The molecule has 124 valence electrons. The molecule has 4 heteroatoms. The van der Waals surface area contributed by atoms with Crippen LogP contribution in [0, 0.1) is 23.2 Å². The van der Waals surface area contributed by atoms with Gasteiger partial charge in [-0.05, 0) is 56.7 Å². The Morgan fingerprint density at radius 3 is 2.70 bits per heavy atom. The van der Waals surface area contributed by atoms with Crippen molar-refractivity contribution in [2.45, 2.75) is 43.8 Å². The third-order valence-electron chi connectivity index (χ3n) is 5.78. The van der Waals surface area contributed by atoms with E-state index in [4.69, 9.17) is 0 Å². The van der Waals surface area contributed by atoms with Crippen LogP contribution in [0.2, 0.25) is 0 Å². The molecule has 1 saturated carbocycles. The van der Waals surface area contributed by atoms with Gasteiger partial charge in [0.2, 0.25) is 0 Å². The van der Waals surface area contributed by atoms with E-state index >= 15 is 0 Å². The van der Waals surface area contributed by atoms with Crippen LogP contribution in [-0.2, 0) is 0 Å². The van der Waals surface area contributed by atoms with Gasteiger partial charge in [0.1, 0.15) is 0 Å². The summed E-state index contributed by atoms with van der Waals surface area (Å²) >= 11 is 0. The van der Waals surface area contributed by atoms with Crippen LogP contribution in [0.3, 0.4) is 0 Å². The summed E-state index contributed by atoms with van der Waals surface area (Å²) in [6.07, 6.45) is 4.79. The number of hydrogen-bond acceptors (Lipinski definition) is 4. The summed E-state index contributed by atoms with van der Waals surface area (Å²) < 4.78 is 0. The van der Waals surface area contributed by atoms with E-state index in [0.717, 1.165) is 36.9 Å². The third-order valence-corrected chi connectivity index (χ3v) is 5.78. The normalized spacial score (nSPS) is 30.4. The van der Waals surface area contributed by atoms with E-state index in [0.29, 0.717) is 5.92 Å². The van der Waals surface area contributed by atoms with Crippen molar-refractivity contribution in [1.82, 2.24) is 10.2 Å². The van der Waals surface area contributed by atoms with Crippen molar-refractivity contribution in [3.63, 3.8) is 0 Å². The van der Waals surface area contributed by atoms with Gasteiger partial charge in [0, 0.05) is 6.04 Å². The summed E-state index contributed by atoms with van der Waals surface area (Å²) in [5, 5.41) is 22.8. The van der Waals surface area contributed by atoms with Crippen LogP contribution >= 0.6 is 0 Å². The molecular weight excluding hydrogens is 286 g/mol. The van der Waals surface area contributed by atoms with Crippen molar-refractivity contribution in [1.29, 1.82) is 5.26 Å². The van der Waals surface area contributed by atoms with Crippen molar-refractivity contribution in [2.24, 2.45) is 11.8 Å². The molecule has 3 unspecified atom stereocenters. The summed E-state index contributed by atoms with van der Waals surface area (Å²) in [5.41, 5.74) is 1.04. The van der Waals surface area contributed by atoms with E-state index in [1.165, 1.54) is 12.8 Å². The number of nitrogens with one attached hydrogen (secondary N) is 1. The highest BCUT2D eigenvalue weighted by Crippen LogP contribution is 2.40. The molecule has 4 nitrogen and oxygen atoms in total. The van der Waals surface area contributed by atoms with Crippen LogP contribution in [0.1, 0.15) is 37.3 Å². The molecule has 2 aliphatic rings. The predicted octanol–water partition coefficient (Wildman–Crippen LogP) is 2.32. The molecule has 5 atom stereocenters. The zero-order chi connectivity index (χ0) is 16.2. The molecule has 3 rings (SSSR count). The van der Waals surface area contributed by atoms with E-state index in [2.05, 4.69) is 23.3 Å². The van der Waals surface area contributed by atoms with Gasteiger partial charge in [-0.15, -0.1) is 0 Å². The number of benzene rings is 1. The van der Waals surface area contributed by atoms with Gasteiger partial charge in [0.25, 0.3) is 0 Å². The fraction of sp³-hybridized carbons (Fsp3) is 0.632. The maximum atomic E-state index is 9.74. The number of hydrogen-bond donors (Lipinski definition) is 2. The minimum absolute atomic E-state index is 0.0148. The first-order valence-electron chi connectivity index (χ1n) is 8.74. The Labute approximate surface area is 139 Å². The number of aliphatic hydroxyl groups excluding tert-OH is 1. The molecule has 23 heavy (non-hydrogen) atoms. The van der Waals surface area contributed by atoms with Gasteiger partial charge in [-0.25, -0.2) is 0 Å². The first-order chi connectivity index (χ1) is 11.2. The van der Waals surface area contributed by atoms with Crippen LogP contribution in [0.5, 0.6) is 0 Å². The SMILES string of the molecule is CN1CCC([C@@H](C#N)N[C@@H](CO)c2ccccc2)CC2CCC21. The molecule has 1 aliphatic carbocycles. The minimum Gasteiger partial charge on any atom is -0.394 e. The van der Waals surface area contributed by atoms with Gasteiger partial charge in [-0.1, -0.05) is 30.3 Å². The summed E-state index contributed by atoms with van der Waals surface area (Å²) in [4.78, 5) is 2.48. The molecule has 1 saturated heterocycles. The molecule has 0 radical (unpaired) electrons. The van der Waals surface area contributed by atoms with E-state index in [-0.39, 0.29) is 18.7 Å². The number of likely N-dealkylation sites (tertiary alicyclic amines) is 1. The lowest BCUT2D eigenvalue weighted by molar-refractivity contribution is 0.0933. The summed E-state index contributed by atoms with van der Waals surface area (Å²) in [5.74, 6) is 1.12. The fourth-order valence-electron chi connectivity index (χ4n) is 4.19. The van der Waals surface area contributed by atoms with Gasteiger partial charge in [0.15, 0.2) is 0 Å². The minimum atomic E-state index is -0.194. The fourth-order valence-corrected chi connectivity index (χ4v) is 4.19. The molecule has 0 amide bonds. The Balaban J connectivity index is 1.68. The molecule has 2 fully saturated rings. The highest BCUT2D eigenvalue weighted by molar-refractivity contribution is 5.20. The molecule has 0 spiro atoms. The summed E-state index contributed by atoms with van der Waals surface area (Å²) in [6, 6.07) is 12.8. The lowest BCUT2D eigenvalue weighted by atomic mass is 9.73. The Kier molecular flexibility index (Phi) is 5.32. The van der Waals surface area contributed by atoms with Gasteiger partial charge < -0.3 is 10.0 Å². The first-order valence-corrected chi connectivity index (χ1v) is 8.74. The second kappa shape index (κ2) is 7.44. The second-order valence-electron chi connectivity index (χ2n) is 7.09. The molecular formula is C19H27N3O. The Hall–Kier alpha value is -1.41. The van der Waals surface area contributed by atoms with Crippen molar-refractivity contribution in [3.05, 3.63) is 35.9 Å². The number of fused-ring (bicyclic) bond motifs is 1. The lowest BCUT2D eigenvalue weighted by Crippen LogP contribution is -2.44. The van der Waals surface area contributed by atoms with Crippen molar-refractivity contribution < 1.29 is 5.11 Å². The molecule has 1 aliphatic heterocycles. The monoisotopic (exact) mass is 313 g/mol. The van der Waals surface area contributed by atoms with Crippen LogP contribution in [0.25, 0.3) is 0 Å². The Morgan fingerprint density at radius 1 is 1.30 bits per heavy atom. The number of rotatable bonds is 5. The lowest BCUT2D eigenvalue weighted by Gasteiger charge is -2.41. The van der Waals surface area contributed by atoms with Crippen LogP contribution in [-0.4, -0.2) is 42.3 Å². The maximum Gasteiger partial charge on any atom is 0.0987 e. The van der Waals surface area contributed by atoms with E-state index in [1.807, 2.05) is 30.3 Å². The zero-order valence-electron chi connectivity index (χ0n) is 13.9. The van der Waals surface area contributed by atoms with Gasteiger partial charge in [-0.2, -0.15) is 5.26 Å². The maximum absolute atomic E-state index is 9.74. The van der Waals surface area contributed by atoms with E-state index < -0.39 is 0 Å². The highest BCUT2D eigenvalue weighted by Gasteiger charge is 2.40. The quantitative estimate of drug-likeness (QED) is 0.876. The van der Waals surface area contributed by atoms with Gasteiger partial charge >= 0.3 is 0 Å². The first kappa shape index (κ1) is 16.4. The summed E-state index contributed by atoms with van der Waals surface area (Å²) in [7, 11) is 2.22. The number of nitriles is 1. The molecule has 1 aromatic carbocycles.